The van der Waals surface area contributed by atoms with E-state index in [1.54, 1.807) is 0 Å². The van der Waals surface area contributed by atoms with E-state index in [9.17, 15) is 0 Å². The largest absolute Gasteiger partial charge is 0.455 e. The zero-order chi connectivity index (χ0) is 28.0. The van der Waals surface area contributed by atoms with Crippen molar-refractivity contribution in [2.45, 2.75) is 6.17 Å². The van der Waals surface area contributed by atoms with Crippen molar-refractivity contribution < 1.29 is 4.42 Å². The molecule has 0 saturated carbocycles. The number of hydrogen-bond acceptors (Lipinski definition) is 3. The van der Waals surface area contributed by atoms with E-state index in [2.05, 4.69) is 101 Å². The number of furan rings is 1. The number of para-hydroxylation sites is 3. The minimum atomic E-state index is -0.473. The molecule has 0 bridgehead atoms. The van der Waals surface area contributed by atoms with E-state index in [4.69, 9.17) is 10.2 Å². The first-order valence-corrected chi connectivity index (χ1v) is 14.1. The highest BCUT2D eigenvalue weighted by Gasteiger charge is 2.17. The summed E-state index contributed by atoms with van der Waals surface area (Å²) in [5.41, 5.74) is 15.8. The Labute approximate surface area is 243 Å². The quantitative estimate of drug-likeness (QED) is 0.221. The summed E-state index contributed by atoms with van der Waals surface area (Å²) < 4.78 is 8.71. The second-order valence-electron chi connectivity index (χ2n) is 10.6. The third-order valence-electron chi connectivity index (χ3n) is 8.04. The summed E-state index contributed by atoms with van der Waals surface area (Å²) in [5.74, 6) is 0. The maximum absolute atomic E-state index is 6.56. The molecule has 6 aromatic carbocycles. The van der Waals surface area contributed by atoms with E-state index in [1.807, 2.05) is 54.7 Å². The van der Waals surface area contributed by atoms with Gasteiger partial charge in [0.1, 0.15) is 17.3 Å². The summed E-state index contributed by atoms with van der Waals surface area (Å²) >= 11 is 0. The van der Waals surface area contributed by atoms with Crippen molar-refractivity contribution in [2.75, 3.05) is 0 Å². The lowest BCUT2D eigenvalue weighted by Gasteiger charge is -2.13. The Morgan fingerprint density at radius 3 is 2.26 bits per heavy atom. The molecular weight excluding hydrogens is 514 g/mol. The summed E-state index contributed by atoms with van der Waals surface area (Å²) in [4.78, 5) is 4.65. The van der Waals surface area contributed by atoms with E-state index >= 15 is 0 Å². The number of aliphatic imine (C=N–C) groups is 1. The second kappa shape index (κ2) is 9.88. The molecule has 42 heavy (non-hydrogen) atoms. The molecule has 8 aromatic rings. The van der Waals surface area contributed by atoms with Crippen LogP contribution in [0.2, 0.25) is 0 Å². The van der Waals surface area contributed by atoms with E-state index in [0.717, 1.165) is 60.9 Å². The van der Waals surface area contributed by atoms with Crippen molar-refractivity contribution in [1.29, 1.82) is 0 Å². The van der Waals surface area contributed by atoms with Gasteiger partial charge < -0.3 is 14.7 Å². The van der Waals surface area contributed by atoms with Crippen LogP contribution in [0, 0.1) is 0 Å². The van der Waals surface area contributed by atoms with Gasteiger partial charge in [-0.3, -0.25) is 4.99 Å². The lowest BCUT2D eigenvalue weighted by Crippen LogP contribution is -2.08. The number of rotatable bonds is 5. The van der Waals surface area contributed by atoms with E-state index in [-0.39, 0.29) is 0 Å². The maximum atomic E-state index is 6.56. The van der Waals surface area contributed by atoms with Crippen LogP contribution in [-0.4, -0.2) is 10.8 Å². The van der Waals surface area contributed by atoms with Crippen LogP contribution in [0.15, 0.2) is 149 Å². The fraction of sp³-hybridized carbons (Fsp3) is 0.0263. The second-order valence-corrected chi connectivity index (χ2v) is 10.6. The molecule has 0 aliphatic carbocycles. The van der Waals surface area contributed by atoms with Gasteiger partial charge in [0.25, 0.3) is 0 Å². The van der Waals surface area contributed by atoms with Crippen LogP contribution in [0.5, 0.6) is 0 Å². The normalized spacial score (nSPS) is 12.7. The van der Waals surface area contributed by atoms with Crippen LogP contribution >= 0.6 is 0 Å². The van der Waals surface area contributed by atoms with Crippen molar-refractivity contribution in [1.82, 2.24) is 4.57 Å². The molecule has 4 heteroatoms. The van der Waals surface area contributed by atoms with Crippen LogP contribution in [0.3, 0.4) is 0 Å². The third kappa shape index (κ3) is 4.00. The van der Waals surface area contributed by atoms with Gasteiger partial charge in [-0.2, -0.15) is 0 Å². The number of benzene rings is 6. The Morgan fingerprint density at radius 2 is 1.36 bits per heavy atom. The van der Waals surface area contributed by atoms with Crippen molar-refractivity contribution in [2.24, 2.45) is 10.7 Å². The fourth-order valence-electron chi connectivity index (χ4n) is 6.03. The fourth-order valence-corrected chi connectivity index (χ4v) is 6.03. The van der Waals surface area contributed by atoms with Crippen LogP contribution in [-0.2, 0) is 0 Å². The molecule has 1 unspecified atom stereocenters. The van der Waals surface area contributed by atoms with Gasteiger partial charge in [-0.05, 0) is 47.0 Å². The molecule has 0 fully saturated rings. The molecule has 8 rings (SSSR count). The zero-order valence-corrected chi connectivity index (χ0v) is 22.8. The first-order chi connectivity index (χ1) is 20.7. The smallest absolute Gasteiger partial charge is 0.143 e. The Balaban J connectivity index is 1.29. The Bertz CT molecular complexity index is 2270. The first-order valence-electron chi connectivity index (χ1n) is 14.1. The molecule has 2 heterocycles. The number of aromatic nitrogens is 1. The van der Waals surface area contributed by atoms with Crippen LogP contribution in [0.25, 0.3) is 60.6 Å². The van der Waals surface area contributed by atoms with Crippen LogP contribution in [0.1, 0.15) is 17.3 Å². The lowest BCUT2D eigenvalue weighted by molar-refractivity contribution is 0.670. The van der Waals surface area contributed by atoms with Gasteiger partial charge in [-0.25, -0.2) is 0 Å². The number of nitrogens with zero attached hydrogens (tertiary/aromatic N) is 2. The SMILES string of the molecule is NC(/N=C/c1ccccc1)c1cccc(-n2c3ccccc3c3ccc(-c4cccc5c4oc4ccccc45)cc32)c1. The maximum Gasteiger partial charge on any atom is 0.143 e. The molecular formula is C38H27N3O. The van der Waals surface area contributed by atoms with Gasteiger partial charge in [0.15, 0.2) is 0 Å². The highest BCUT2D eigenvalue weighted by molar-refractivity contribution is 6.12. The van der Waals surface area contributed by atoms with Gasteiger partial charge in [0.05, 0.1) is 11.0 Å². The average molecular weight is 542 g/mol. The molecule has 0 aliphatic heterocycles. The topological polar surface area (TPSA) is 56.4 Å². The molecule has 2 aromatic heterocycles. The monoisotopic (exact) mass is 541 g/mol. The molecule has 200 valence electrons. The lowest BCUT2D eigenvalue weighted by atomic mass is 10.0. The zero-order valence-electron chi connectivity index (χ0n) is 22.8. The summed E-state index contributed by atoms with van der Waals surface area (Å²) in [7, 11) is 0. The minimum Gasteiger partial charge on any atom is -0.455 e. The standard InChI is InChI=1S/C38H27N3O/c39-38(40-24-25-10-2-1-3-11-25)27-12-8-13-28(22-27)41-34-18-6-4-14-30(34)31-21-20-26(23-35(31)41)29-16-9-17-33-32-15-5-7-19-36(32)42-37(29)33/h1-24,38H,39H2/b40-24+. The predicted molar refractivity (Wildman–Crippen MR) is 174 cm³/mol. The minimum absolute atomic E-state index is 0.473. The van der Waals surface area contributed by atoms with Gasteiger partial charge in [-0.15, -0.1) is 0 Å². The van der Waals surface area contributed by atoms with E-state index in [0.29, 0.717) is 0 Å². The average Bonchev–Trinajstić information content (AvgIpc) is 3.60. The van der Waals surface area contributed by atoms with Gasteiger partial charge >= 0.3 is 0 Å². The van der Waals surface area contributed by atoms with E-state index in [1.165, 1.54) is 10.8 Å². The Kier molecular flexibility index (Phi) is 5.73. The van der Waals surface area contributed by atoms with Gasteiger partial charge in [-0.1, -0.05) is 109 Å². The Morgan fingerprint density at radius 1 is 0.619 bits per heavy atom. The molecule has 4 nitrogen and oxygen atoms in total. The number of nitrogens with two attached hydrogens (primary N) is 1. The van der Waals surface area contributed by atoms with E-state index < -0.39 is 6.17 Å². The van der Waals surface area contributed by atoms with Crippen molar-refractivity contribution in [3.63, 3.8) is 0 Å². The molecule has 1 atom stereocenters. The molecule has 0 amide bonds. The van der Waals surface area contributed by atoms with Gasteiger partial charge in [0, 0.05) is 39.0 Å². The third-order valence-corrected chi connectivity index (χ3v) is 8.04. The Hall–Kier alpha value is -5.45. The summed E-state index contributed by atoms with van der Waals surface area (Å²) in [6.07, 6.45) is 1.36. The van der Waals surface area contributed by atoms with Crippen LogP contribution in [0.4, 0.5) is 0 Å². The predicted octanol–water partition coefficient (Wildman–Crippen LogP) is 9.43. The summed E-state index contributed by atoms with van der Waals surface area (Å²) in [6.45, 7) is 0. The van der Waals surface area contributed by atoms with Crippen molar-refractivity contribution in [3.8, 4) is 16.8 Å². The highest BCUT2D eigenvalue weighted by atomic mass is 16.3. The molecule has 0 saturated heterocycles. The molecule has 0 radical (unpaired) electrons. The highest BCUT2D eigenvalue weighted by Crippen LogP contribution is 2.39. The van der Waals surface area contributed by atoms with Crippen molar-refractivity contribution >= 4 is 50.0 Å². The summed E-state index contributed by atoms with van der Waals surface area (Å²) in [5, 5.41) is 4.66. The number of hydrogen-bond donors (Lipinski definition) is 1. The summed E-state index contributed by atoms with van der Waals surface area (Å²) in [6, 6.07) is 48.3. The first kappa shape index (κ1) is 24.4. The number of fused-ring (bicyclic) bond motifs is 6. The molecule has 0 aliphatic rings. The molecule has 2 N–H and O–H groups in total. The van der Waals surface area contributed by atoms with Gasteiger partial charge in [0.2, 0.25) is 0 Å². The van der Waals surface area contributed by atoms with Crippen LogP contribution < -0.4 is 5.73 Å². The molecule has 0 spiro atoms. The van der Waals surface area contributed by atoms with Crippen molar-refractivity contribution in [3.05, 3.63) is 151 Å².